The minimum atomic E-state index is 0.354. The second kappa shape index (κ2) is 6.42. The van der Waals surface area contributed by atoms with Crippen molar-refractivity contribution in [1.29, 1.82) is 0 Å². The third-order valence-electron chi connectivity index (χ3n) is 4.65. The van der Waals surface area contributed by atoms with E-state index in [1.54, 1.807) is 0 Å². The topological polar surface area (TPSA) is 29.1 Å². The Balaban J connectivity index is 1.55. The van der Waals surface area contributed by atoms with E-state index >= 15 is 0 Å². The maximum atomic E-state index is 12.0. The minimum absolute atomic E-state index is 0.354. The van der Waals surface area contributed by atoms with E-state index in [-0.39, 0.29) is 0 Å². The molecule has 0 aliphatic heterocycles. The Labute approximate surface area is 106 Å². The molecule has 0 unspecified atom stereocenters. The molecular weight excluding hydrogens is 210 g/mol. The molecule has 0 aromatic rings. The van der Waals surface area contributed by atoms with Gasteiger partial charge < -0.3 is 5.32 Å². The number of hydrogen-bond acceptors (Lipinski definition) is 1. The fourth-order valence-electron chi connectivity index (χ4n) is 3.64. The third-order valence-corrected chi connectivity index (χ3v) is 4.65. The van der Waals surface area contributed by atoms with Gasteiger partial charge in [-0.2, -0.15) is 0 Å². The average Bonchev–Trinajstić information content (AvgIpc) is 2.95. The van der Waals surface area contributed by atoms with Crippen LogP contribution in [0.25, 0.3) is 0 Å². The summed E-state index contributed by atoms with van der Waals surface area (Å²) in [6.45, 7) is 3.13. The summed E-state index contributed by atoms with van der Waals surface area (Å²) in [6, 6.07) is 0. The van der Waals surface area contributed by atoms with E-state index in [0.717, 1.165) is 24.8 Å². The van der Waals surface area contributed by atoms with Crippen LogP contribution >= 0.6 is 0 Å². The molecule has 0 aromatic carbocycles. The van der Waals surface area contributed by atoms with Crippen molar-refractivity contribution < 1.29 is 4.79 Å². The Morgan fingerprint density at radius 2 is 1.94 bits per heavy atom. The molecule has 98 valence electrons. The Morgan fingerprint density at radius 3 is 2.59 bits per heavy atom. The smallest absolute Gasteiger partial charge is 0.223 e. The number of fused-ring (bicyclic) bond motifs is 2. The van der Waals surface area contributed by atoms with Crippen molar-refractivity contribution in [2.45, 2.75) is 64.7 Å². The van der Waals surface area contributed by atoms with Crippen LogP contribution in [0.5, 0.6) is 0 Å². The Bertz CT molecular complexity index is 251. The van der Waals surface area contributed by atoms with Gasteiger partial charge in [-0.05, 0) is 37.5 Å². The quantitative estimate of drug-likeness (QED) is 0.675. The lowest BCUT2D eigenvalue weighted by molar-refractivity contribution is -0.126. The fraction of sp³-hybridized carbons (Fsp3) is 0.933. The van der Waals surface area contributed by atoms with Crippen LogP contribution in [-0.4, -0.2) is 12.5 Å². The van der Waals surface area contributed by atoms with Gasteiger partial charge >= 0.3 is 0 Å². The van der Waals surface area contributed by atoms with E-state index in [1.165, 1.54) is 51.4 Å². The Hall–Kier alpha value is -0.530. The van der Waals surface area contributed by atoms with Crippen LogP contribution in [0.1, 0.15) is 64.7 Å². The van der Waals surface area contributed by atoms with E-state index < -0.39 is 0 Å². The molecule has 0 saturated heterocycles. The summed E-state index contributed by atoms with van der Waals surface area (Å²) in [7, 11) is 0. The molecule has 2 heteroatoms. The van der Waals surface area contributed by atoms with Crippen LogP contribution in [0.2, 0.25) is 0 Å². The van der Waals surface area contributed by atoms with Gasteiger partial charge in [-0.1, -0.05) is 39.0 Å². The molecule has 0 spiro atoms. The number of rotatable bonds is 7. The lowest BCUT2D eigenvalue weighted by Gasteiger charge is -2.20. The number of hydrogen-bond donors (Lipinski definition) is 1. The van der Waals surface area contributed by atoms with Gasteiger partial charge in [0.15, 0.2) is 0 Å². The standard InChI is InChI=1S/C15H27NO/c1-2-3-4-5-6-9-16-15(17)14-11-12-7-8-13(14)10-12/h12-14H,2-11H2,1H3,(H,16,17)/t12-,13+,14-/m0/s1. The predicted octanol–water partition coefficient (Wildman–Crippen LogP) is 3.51. The van der Waals surface area contributed by atoms with Crippen LogP contribution < -0.4 is 5.32 Å². The first-order valence-corrected chi connectivity index (χ1v) is 7.59. The van der Waals surface area contributed by atoms with E-state index in [2.05, 4.69) is 12.2 Å². The Kier molecular flexibility index (Phi) is 4.87. The summed E-state index contributed by atoms with van der Waals surface area (Å²) in [5.41, 5.74) is 0. The highest BCUT2D eigenvalue weighted by atomic mass is 16.1. The molecule has 2 aliphatic carbocycles. The van der Waals surface area contributed by atoms with Crippen molar-refractivity contribution in [2.24, 2.45) is 17.8 Å². The van der Waals surface area contributed by atoms with Crippen LogP contribution in [-0.2, 0) is 4.79 Å². The second-order valence-corrected chi connectivity index (χ2v) is 5.99. The molecule has 2 fully saturated rings. The van der Waals surface area contributed by atoms with Crippen molar-refractivity contribution in [1.82, 2.24) is 5.32 Å². The van der Waals surface area contributed by atoms with Gasteiger partial charge in [0.1, 0.15) is 0 Å². The molecule has 0 radical (unpaired) electrons. The molecule has 0 aromatic heterocycles. The highest BCUT2D eigenvalue weighted by Crippen LogP contribution is 2.48. The first-order valence-electron chi connectivity index (χ1n) is 7.59. The summed E-state index contributed by atoms with van der Waals surface area (Å²) in [6.07, 6.45) is 11.6. The highest BCUT2D eigenvalue weighted by Gasteiger charge is 2.42. The summed E-state index contributed by atoms with van der Waals surface area (Å²) in [4.78, 5) is 12.0. The van der Waals surface area contributed by atoms with Crippen molar-refractivity contribution in [2.75, 3.05) is 6.54 Å². The number of nitrogens with one attached hydrogen (secondary N) is 1. The summed E-state index contributed by atoms with van der Waals surface area (Å²) in [5, 5.41) is 3.15. The molecule has 0 heterocycles. The maximum Gasteiger partial charge on any atom is 0.223 e. The van der Waals surface area contributed by atoms with Gasteiger partial charge in [-0.25, -0.2) is 0 Å². The van der Waals surface area contributed by atoms with Crippen molar-refractivity contribution in [3.05, 3.63) is 0 Å². The van der Waals surface area contributed by atoms with Gasteiger partial charge in [0.25, 0.3) is 0 Å². The minimum Gasteiger partial charge on any atom is -0.356 e. The maximum absolute atomic E-state index is 12.0. The fourth-order valence-corrected chi connectivity index (χ4v) is 3.64. The van der Waals surface area contributed by atoms with Gasteiger partial charge in [0, 0.05) is 12.5 Å². The highest BCUT2D eigenvalue weighted by molar-refractivity contribution is 5.79. The zero-order chi connectivity index (χ0) is 12.1. The van der Waals surface area contributed by atoms with Crippen molar-refractivity contribution in [3.63, 3.8) is 0 Å². The Morgan fingerprint density at radius 1 is 1.12 bits per heavy atom. The van der Waals surface area contributed by atoms with Crippen molar-refractivity contribution >= 4 is 5.91 Å². The van der Waals surface area contributed by atoms with E-state index in [9.17, 15) is 4.79 Å². The SMILES string of the molecule is CCCCCCCNC(=O)[C@H]1C[C@H]2CC[C@@H]1C2. The lowest BCUT2D eigenvalue weighted by Crippen LogP contribution is -2.34. The van der Waals surface area contributed by atoms with E-state index in [4.69, 9.17) is 0 Å². The molecule has 2 saturated carbocycles. The molecule has 2 rings (SSSR count). The first-order chi connectivity index (χ1) is 8.31. The zero-order valence-corrected chi connectivity index (χ0v) is 11.2. The lowest BCUT2D eigenvalue weighted by atomic mass is 9.88. The molecule has 17 heavy (non-hydrogen) atoms. The molecule has 2 nitrogen and oxygen atoms in total. The van der Waals surface area contributed by atoms with Crippen LogP contribution in [0, 0.1) is 17.8 Å². The third kappa shape index (κ3) is 3.46. The molecule has 2 bridgehead atoms. The first kappa shape index (κ1) is 12.9. The molecule has 1 N–H and O–H groups in total. The number of amides is 1. The molecular formula is C15H27NO. The van der Waals surface area contributed by atoms with Gasteiger partial charge in [-0.3, -0.25) is 4.79 Å². The van der Waals surface area contributed by atoms with Gasteiger partial charge in [0.05, 0.1) is 0 Å². The van der Waals surface area contributed by atoms with E-state index in [0.29, 0.717) is 11.8 Å². The monoisotopic (exact) mass is 237 g/mol. The van der Waals surface area contributed by atoms with Gasteiger partial charge in [-0.15, -0.1) is 0 Å². The normalized spacial score (nSPS) is 30.8. The van der Waals surface area contributed by atoms with Crippen LogP contribution in [0.4, 0.5) is 0 Å². The molecule has 2 aliphatic rings. The van der Waals surface area contributed by atoms with Crippen molar-refractivity contribution in [3.8, 4) is 0 Å². The van der Waals surface area contributed by atoms with Crippen LogP contribution in [0.15, 0.2) is 0 Å². The van der Waals surface area contributed by atoms with Gasteiger partial charge in [0.2, 0.25) is 5.91 Å². The summed E-state index contributed by atoms with van der Waals surface area (Å²) >= 11 is 0. The summed E-state index contributed by atoms with van der Waals surface area (Å²) < 4.78 is 0. The molecule has 1 amide bonds. The number of carbonyl (C=O) groups is 1. The largest absolute Gasteiger partial charge is 0.356 e. The number of unbranched alkanes of at least 4 members (excludes halogenated alkanes) is 4. The second-order valence-electron chi connectivity index (χ2n) is 5.99. The zero-order valence-electron chi connectivity index (χ0n) is 11.2. The summed E-state index contributed by atoms with van der Waals surface area (Å²) in [5.74, 6) is 2.32. The molecule has 3 atom stereocenters. The average molecular weight is 237 g/mol. The predicted molar refractivity (Wildman–Crippen MR) is 70.7 cm³/mol. The number of carbonyl (C=O) groups excluding carboxylic acids is 1. The van der Waals surface area contributed by atoms with E-state index in [1.807, 2.05) is 0 Å². The van der Waals surface area contributed by atoms with Crippen LogP contribution in [0.3, 0.4) is 0 Å².